The first-order valence-corrected chi connectivity index (χ1v) is 9.38. The van der Waals surface area contributed by atoms with E-state index >= 15 is 0 Å². The molecule has 1 heterocycles. The van der Waals surface area contributed by atoms with Gasteiger partial charge in [-0.1, -0.05) is 19.4 Å². The van der Waals surface area contributed by atoms with E-state index in [1.165, 1.54) is 55.2 Å². The third kappa shape index (κ3) is 3.53. The molecule has 2 nitrogen and oxygen atoms in total. The molecule has 2 N–H and O–H groups in total. The fourth-order valence-electron chi connectivity index (χ4n) is 3.46. The summed E-state index contributed by atoms with van der Waals surface area (Å²) in [7, 11) is 0. The third-order valence-corrected chi connectivity index (χ3v) is 5.43. The maximum Gasteiger partial charge on any atom is 0.0520 e. The van der Waals surface area contributed by atoms with Crippen LogP contribution in [0, 0.1) is 0 Å². The number of nitrogens with zero attached hydrogens (tertiary/aromatic N) is 1. The lowest BCUT2D eigenvalue weighted by molar-refractivity contribution is 0.596. The van der Waals surface area contributed by atoms with Gasteiger partial charge in [-0.3, -0.25) is 0 Å². The molecule has 1 unspecified atom stereocenters. The molecule has 1 aliphatic carbocycles. The van der Waals surface area contributed by atoms with E-state index < -0.39 is 0 Å². The van der Waals surface area contributed by atoms with Crippen molar-refractivity contribution in [3.63, 3.8) is 0 Å². The summed E-state index contributed by atoms with van der Waals surface area (Å²) in [5.41, 5.74) is 5.62. The number of aryl methyl sites for hydroxylation is 2. The van der Waals surface area contributed by atoms with E-state index in [0.29, 0.717) is 5.92 Å². The van der Waals surface area contributed by atoms with Crippen molar-refractivity contribution >= 4 is 17.0 Å². The van der Waals surface area contributed by atoms with E-state index in [1.54, 1.807) is 11.3 Å². The number of hydrogen-bond acceptors (Lipinski definition) is 3. The van der Waals surface area contributed by atoms with Crippen LogP contribution in [0.1, 0.15) is 55.2 Å². The van der Waals surface area contributed by atoms with Crippen LogP contribution >= 0.6 is 11.3 Å². The molecule has 0 amide bonds. The van der Waals surface area contributed by atoms with E-state index in [0.717, 1.165) is 12.2 Å². The molecule has 1 aliphatic rings. The summed E-state index contributed by atoms with van der Waals surface area (Å²) in [5.74, 6) is 6.93. The van der Waals surface area contributed by atoms with Crippen molar-refractivity contribution in [3.8, 4) is 0 Å². The number of hydrogen-bond donors (Lipinski definition) is 1. The standard InChI is InChI=1S/C19H26N2S/c1-2-5-17(18-10-11-22-14-18)13-21(20)19-9-8-15-6-3-4-7-16(15)12-19/h8-12,14,17H,2-7,13,20H2,1H3. The minimum Gasteiger partial charge on any atom is -0.310 e. The van der Waals surface area contributed by atoms with Crippen LogP contribution in [0.15, 0.2) is 35.0 Å². The lowest BCUT2D eigenvalue weighted by atomic mass is 9.91. The molecular formula is C19H26N2S. The quantitative estimate of drug-likeness (QED) is 0.607. The van der Waals surface area contributed by atoms with Crippen LogP contribution in [0.2, 0.25) is 0 Å². The highest BCUT2D eigenvalue weighted by atomic mass is 32.1. The molecule has 3 rings (SSSR count). The summed E-state index contributed by atoms with van der Waals surface area (Å²) in [6, 6.07) is 9.03. The number of rotatable bonds is 6. The van der Waals surface area contributed by atoms with E-state index in [-0.39, 0.29) is 0 Å². The summed E-state index contributed by atoms with van der Waals surface area (Å²) in [6.07, 6.45) is 7.46. The van der Waals surface area contributed by atoms with Crippen molar-refractivity contribution in [3.05, 3.63) is 51.7 Å². The molecule has 1 atom stereocenters. The molecule has 0 saturated carbocycles. The molecule has 1 aromatic heterocycles. The van der Waals surface area contributed by atoms with Crippen LogP contribution in [0.3, 0.4) is 0 Å². The lowest BCUT2D eigenvalue weighted by Gasteiger charge is -2.26. The first kappa shape index (κ1) is 15.6. The van der Waals surface area contributed by atoms with Crippen LogP contribution in [-0.2, 0) is 12.8 Å². The van der Waals surface area contributed by atoms with Crippen molar-refractivity contribution in [2.45, 2.75) is 51.4 Å². The fraction of sp³-hybridized carbons (Fsp3) is 0.474. The lowest BCUT2D eigenvalue weighted by Crippen LogP contribution is -2.35. The van der Waals surface area contributed by atoms with Gasteiger partial charge in [-0.05, 0) is 77.8 Å². The fourth-order valence-corrected chi connectivity index (χ4v) is 4.20. The summed E-state index contributed by atoms with van der Waals surface area (Å²) < 4.78 is 0. The Morgan fingerprint density at radius 3 is 2.73 bits per heavy atom. The Kier molecular flexibility index (Phi) is 5.16. The first-order chi connectivity index (χ1) is 10.8. The van der Waals surface area contributed by atoms with Crippen LogP contribution in [0.4, 0.5) is 5.69 Å². The zero-order valence-electron chi connectivity index (χ0n) is 13.4. The van der Waals surface area contributed by atoms with Crippen molar-refractivity contribution < 1.29 is 0 Å². The molecule has 1 aromatic carbocycles. The number of hydrazine groups is 1. The Morgan fingerprint density at radius 1 is 1.18 bits per heavy atom. The van der Waals surface area contributed by atoms with Gasteiger partial charge in [0, 0.05) is 12.5 Å². The molecule has 0 saturated heterocycles. The Balaban J connectivity index is 1.73. The number of fused-ring (bicyclic) bond motifs is 1. The van der Waals surface area contributed by atoms with E-state index in [4.69, 9.17) is 5.84 Å². The smallest absolute Gasteiger partial charge is 0.0520 e. The predicted molar refractivity (Wildman–Crippen MR) is 96.6 cm³/mol. The summed E-state index contributed by atoms with van der Waals surface area (Å²) in [6.45, 7) is 3.14. The van der Waals surface area contributed by atoms with Gasteiger partial charge in [0.2, 0.25) is 0 Å². The largest absolute Gasteiger partial charge is 0.310 e. The van der Waals surface area contributed by atoms with Crippen molar-refractivity contribution in [1.82, 2.24) is 0 Å². The number of thiophene rings is 1. The van der Waals surface area contributed by atoms with Crippen molar-refractivity contribution in [1.29, 1.82) is 0 Å². The Bertz CT molecular complexity index is 591. The average Bonchev–Trinajstić information content (AvgIpc) is 3.08. The highest BCUT2D eigenvalue weighted by Crippen LogP contribution is 2.28. The normalized spacial score (nSPS) is 15.4. The van der Waals surface area contributed by atoms with Gasteiger partial charge < -0.3 is 5.01 Å². The molecule has 0 fully saturated rings. The maximum absolute atomic E-state index is 6.40. The van der Waals surface area contributed by atoms with Gasteiger partial charge in [0.25, 0.3) is 0 Å². The monoisotopic (exact) mass is 314 g/mol. The minimum atomic E-state index is 0.525. The SMILES string of the molecule is CCCC(CN(N)c1ccc2c(c1)CCCC2)c1ccsc1. The molecule has 0 spiro atoms. The molecule has 118 valence electrons. The molecule has 0 aliphatic heterocycles. The van der Waals surface area contributed by atoms with Gasteiger partial charge in [0.05, 0.1) is 5.69 Å². The van der Waals surface area contributed by atoms with Crippen molar-refractivity contribution in [2.24, 2.45) is 5.84 Å². The summed E-state index contributed by atoms with van der Waals surface area (Å²) in [5, 5.41) is 6.38. The third-order valence-electron chi connectivity index (χ3n) is 4.73. The van der Waals surface area contributed by atoms with Crippen LogP contribution in [0.5, 0.6) is 0 Å². The van der Waals surface area contributed by atoms with E-state index in [2.05, 4.69) is 41.9 Å². The maximum atomic E-state index is 6.40. The number of anilines is 1. The second-order valence-corrected chi connectivity index (χ2v) is 7.13. The summed E-state index contributed by atoms with van der Waals surface area (Å²) in [4.78, 5) is 0. The van der Waals surface area contributed by atoms with Crippen LogP contribution < -0.4 is 10.9 Å². The van der Waals surface area contributed by atoms with Crippen molar-refractivity contribution in [2.75, 3.05) is 11.6 Å². The highest BCUT2D eigenvalue weighted by Gasteiger charge is 2.16. The predicted octanol–water partition coefficient (Wildman–Crippen LogP) is 4.89. The van der Waals surface area contributed by atoms with E-state index in [1.807, 2.05) is 5.01 Å². The Labute approximate surface area is 137 Å². The zero-order chi connectivity index (χ0) is 15.4. The molecule has 0 bridgehead atoms. The number of benzene rings is 1. The highest BCUT2D eigenvalue weighted by molar-refractivity contribution is 7.07. The minimum absolute atomic E-state index is 0.525. The van der Waals surface area contributed by atoms with Gasteiger partial charge in [-0.15, -0.1) is 0 Å². The molecule has 3 heteroatoms. The Hall–Kier alpha value is -1.32. The Morgan fingerprint density at radius 2 is 2.00 bits per heavy atom. The van der Waals surface area contributed by atoms with E-state index in [9.17, 15) is 0 Å². The first-order valence-electron chi connectivity index (χ1n) is 8.44. The zero-order valence-corrected chi connectivity index (χ0v) is 14.2. The van der Waals surface area contributed by atoms with Gasteiger partial charge in [-0.2, -0.15) is 11.3 Å². The van der Waals surface area contributed by atoms with Gasteiger partial charge >= 0.3 is 0 Å². The average molecular weight is 314 g/mol. The topological polar surface area (TPSA) is 29.3 Å². The molecule has 0 radical (unpaired) electrons. The second kappa shape index (κ2) is 7.30. The van der Waals surface area contributed by atoms with Gasteiger partial charge in [0.15, 0.2) is 0 Å². The van der Waals surface area contributed by atoms with Gasteiger partial charge in [-0.25, -0.2) is 5.84 Å². The second-order valence-electron chi connectivity index (χ2n) is 6.35. The summed E-state index contributed by atoms with van der Waals surface area (Å²) >= 11 is 1.78. The molecular weight excluding hydrogens is 288 g/mol. The van der Waals surface area contributed by atoms with Crippen LogP contribution in [-0.4, -0.2) is 6.54 Å². The molecule has 2 aromatic rings. The molecule has 22 heavy (non-hydrogen) atoms. The number of nitrogens with two attached hydrogens (primary N) is 1. The van der Waals surface area contributed by atoms with Crippen LogP contribution in [0.25, 0.3) is 0 Å². The van der Waals surface area contributed by atoms with Gasteiger partial charge in [0.1, 0.15) is 0 Å².